The predicted molar refractivity (Wildman–Crippen MR) is 117 cm³/mol. The van der Waals surface area contributed by atoms with Gasteiger partial charge in [0, 0.05) is 29.5 Å². The second-order valence-corrected chi connectivity index (χ2v) is 7.55. The van der Waals surface area contributed by atoms with Gasteiger partial charge in [-0.25, -0.2) is 0 Å². The Morgan fingerprint density at radius 3 is 2.48 bits per heavy atom. The van der Waals surface area contributed by atoms with E-state index in [9.17, 15) is 5.11 Å². The van der Waals surface area contributed by atoms with Crippen LogP contribution in [-0.2, 0) is 7.05 Å². The van der Waals surface area contributed by atoms with Crippen LogP contribution in [-0.4, -0.2) is 20.4 Å². The van der Waals surface area contributed by atoms with Gasteiger partial charge in [-0.2, -0.15) is 0 Å². The van der Waals surface area contributed by atoms with Gasteiger partial charge in [0.05, 0.1) is 28.4 Å². The maximum Gasteiger partial charge on any atom is 0.201 e. The van der Waals surface area contributed by atoms with Crippen molar-refractivity contribution in [1.82, 2.24) is 9.55 Å². The molecule has 1 aliphatic heterocycles. The van der Waals surface area contributed by atoms with Crippen LogP contribution in [0.1, 0.15) is 22.6 Å². The van der Waals surface area contributed by atoms with E-state index in [0.29, 0.717) is 0 Å². The SMILES string of the molecule is Cn1c(O)c(C2=Nc3ccccc3C2c2c[nH]c3ccccc23)c2ccccc21. The smallest absolute Gasteiger partial charge is 0.201 e. The molecule has 4 heteroatoms. The van der Waals surface area contributed by atoms with Gasteiger partial charge in [0.25, 0.3) is 0 Å². The van der Waals surface area contributed by atoms with Crippen molar-refractivity contribution in [3.63, 3.8) is 0 Å². The Hall–Kier alpha value is -3.79. The Kier molecular flexibility index (Phi) is 3.27. The van der Waals surface area contributed by atoms with E-state index in [0.717, 1.165) is 33.4 Å². The van der Waals surface area contributed by atoms with Crippen LogP contribution in [0.2, 0.25) is 0 Å². The molecule has 29 heavy (non-hydrogen) atoms. The number of aliphatic imine (C=N–C) groups is 1. The van der Waals surface area contributed by atoms with Crippen LogP contribution in [0.15, 0.2) is 84.0 Å². The van der Waals surface area contributed by atoms with Crippen molar-refractivity contribution in [3.05, 3.63) is 95.7 Å². The molecular formula is C25H19N3O. The number of fused-ring (bicyclic) bond motifs is 3. The molecule has 0 saturated heterocycles. The fourth-order valence-corrected chi connectivity index (χ4v) is 4.66. The monoisotopic (exact) mass is 377 g/mol. The Balaban J connectivity index is 1.67. The summed E-state index contributed by atoms with van der Waals surface area (Å²) in [5.74, 6) is 0.210. The number of rotatable bonds is 2. The first-order valence-electron chi connectivity index (χ1n) is 9.74. The van der Waals surface area contributed by atoms with E-state index in [1.807, 2.05) is 48.0 Å². The molecule has 3 aromatic carbocycles. The first-order valence-corrected chi connectivity index (χ1v) is 9.74. The van der Waals surface area contributed by atoms with E-state index in [1.165, 1.54) is 16.5 Å². The molecule has 0 bridgehead atoms. The van der Waals surface area contributed by atoms with Gasteiger partial charge in [0.1, 0.15) is 0 Å². The molecule has 6 rings (SSSR count). The maximum atomic E-state index is 11.1. The second-order valence-electron chi connectivity index (χ2n) is 7.55. The molecule has 0 amide bonds. The molecule has 2 N–H and O–H groups in total. The molecule has 0 aliphatic carbocycles. The standard InChI is InChI=1S/C25H19N3O/c1-28-21-13-7-4-10-17(21)23(25(28)29)24-22(16-9-3-6-12-20(16)27-24)18-14-26-19-11-5-2-8-15(18)19/h2-14,22,26,29H,1H3. The Morgan fingerprint density at radius 2 is 1.59 bits per heavy atom. The zero-order valence-corrected chi connectivity index (χ0v) is 15.9. The minimum Gasteiger partial charge on any atom is -0.494 e. The summed E-state index contributed by atoms with van der Waals surface area (Å²) < 4.78 is 1.84. The average molecular weight is 377 g/mol. The van der Waals surface area contributed by atoms with Gasteiger partial charge in [0.15, 0.2) is 0 Å². The molecule has 0 radical (unpaired) electrons. The zero-order valence-electron chi connectivity index (χ0n) is 15.9. The minimum absolute atomic E-state index is 0.0425. The van der Waals surface area contributed by atoms with Crippen LogP contribution < -0.4 is 0 Å². The van der Waals surface area contributed by atoms with Gasteiger partial charge >= 0.3 is 0 Å². The molecule has 0 saturated carbocycles. The Morgan fingerprint density at radius 1 is 0.862 bits per heavy atom. The summed E-state index contributed by atoms with van der Waals surface area (Å²) in [6, 6.07) is 24.7. The number of hydrogen-bond donors (Lipinski definition) is 2. The van der Waals surface area contributed by atoms with Crippen LogP contribution >= 0.6 is 0 Å². The molecule has 3 heterocycles. The van der Waals surface area contributed by atoms with Gasteiger partial charge in [-0.05, 0) is 29.3 Å². The van der Waals surface area contributed by atoms with Crippen LogP contribution in [0.3, 0.4) is 0 Å². The molecule has 2 aromatic heterocycles. The van der Waals surface area contributed by atoms with E-state index in [4.69, 9.17) is 4.99 Å². The molecule has 1 atom stereocenters. The largest absolute Gasteiger partial charge is 0.494 e. The highest BCUT2D eigenvalue weighted by Gasteiger charge is 2.34. The summed E-state index contributed by atoms with van der Waals surface area (Å²) in [6.45, 7) is 0. The maximum absolute atomic E-state index is 11.1. The van der Waals surface area contributed by atoms with Crippen molar-refractivity contribution in [2.75, 3.05) is 0 Å². The van der Waals surface area contributed by atoms with Crippen molar-refractivity contribution in [1.29, 1.82) is 0 Å². The number of aromatic amines is 1. The molecule has 0 spiro atoms. The fraction of sp³-hybridized carbons (Fsp3) is 0.0800. The molecule has 4 nitrogen and oxygen atoms in total. The first-order chi connectivity index (χ1) is 14.2. The highest BCUT2D eigenvalue weighted by Crippen LogP contribution is 2.46. The lowest BCUT2D eigenvalue weighted by atomic mass is 9.85. The molecular weight excluding hydrogens is 358 g/mol. The quantitative estimate of drug-likeness (QED) is 0.411. The minimum atomic E-state index is -0.0425. The van der Waals surface area contributed by atoms with Crippen molar-refractivity contribution in [2.45, 2.75) is 5.92 Å². The lowest BCUT2D eigenvalue weighted by molar-refractivity contribution is 0.434. The molecule has 140 valence electrons. The highest BCUT2D eigenvalue weighted by molar-refractivity contribution is 6.20. The molecule has 1 unspecified atom stereocenters. The summed E-state index contributed by atoms with van der Waals surface area (Å²) >= 11 is 0. The van der Waals surface area contributed by atoms with E-state index in [2.05, 4.69) is 47.6 Å². The van der Waals surface area contributed by atoms with Crippen molar-refractivity contribution < 1.29 is 5.11 Å². The lowest BCUT2D eigenvalue weighted by Gasteiger charge is -2.15. The number of aryl methyl sites for hydroxylation is 1. The fourth-order valence-electron chi connectivity index (χ4n) is 4.66. The summed E-state index contributed by atoms with van der Waals surface area (Å²) in [4.78, 5) is 8.42. The third-order valence-electron chi connectivity index (χ3n) is 6.03. The Bertz CT molecular complexity index is 1440. The lowest BCUT2D eigenvalue weighted by Crippen LogP contribution is -2.11. The number of nitrogens with one attached hydrogen (secondary N) is 1. The number of nitrogens with zero attached hydrogens (tertiary/aromatic N) is 2. The number of hydrogen-bond acceptors (Lipinski definition) is 2. The van der Waals surface area contributed by atoms with E-state index >= 15 is 0 Å². The first kappa shape index (κ1) is 16.2. The molecule has 5 aromatic rings. The summed E-state index contributed by atoms with van der Waals surface area (Å²) in [6.07, 6.45) is 2.08. The topological polar surface area (TPSA) is 53.3 Å². The number of para-hydroxylation sites is 3. The zero-order chi connectivity index (χ0) is 19.5. The number of H-pyrrole nitrogens is 1. The van der Waals surface area contributed by atoms with Crippen LogP contribution in [0.25, 0.3) is 21.8 Å². The number of aromatic hydroxyl groups is 1. The predicted octanol–water partition coefficient (Wildman–Crippen LogP) is 5.63. The van der Waals surface area contributed by atoms with Gasteiger partial charge in [0.2, 0.25) is 5.88 Å². The van der Waals surface area contributed by atoms with Crippen molar-refractivity contribution in [2.24, 2.45) is 12.0 Å². The van der Waals surface area contributed by atoms with Crippen molar-refractivity contribution >= 4 is 33.2 Å². The van der Waals surface area contributed by atoms with Crippen LogP contribution in [0.5, 0.6) is 5.88 Å². The van der Waals surface area contributed by atoms with Crippen molar-refractivity contribution in [3.8, 4) is 5.88 Å². The third-order valence-corrected chi connectivity index (χ3v) is 6.03. The summed E-state index contributed by atoms with van der Waals surface area (Å²) in [7, 11) is 1.89. The third kappa shape index (κ3) is 2.17. The highest BCUT2D eigenvalue weighted by atomic mass is 16.3. The normalized spacial score (nSPS) is 15.8. The van der Waals surface area contributed by atoms with Gasteiger partial charge in [-0.15, -0.1) is 0 Å². The van der Waals surface area contributed by atoms with Gasteiger partial charge in [-0.1, -0.05) is 54.6 Å². The number of aromatic nitrogens is 2. The van der Waals surface area contributed by atoms with Gasteiger partial charge in [-0.3, -0.25) is 4.99 Å². The molecule has 1 aliphatic rings. The van der Waals surface area contributed by atoms with E-state index < -0.39 is 0 Å². The molecule has 0 fully saturated rings. The average Bonchev–Trinajstić information content (AvgIpc) is 3.41. The van der Waals surface area contributed by atoms with E-state index in [1.54, 1.807) is 0 Å². The Labute approximate surface area is 167 Å². The number of benzene rings is 3. The van der Waals surface area contributed by atoms with E-state index in [-0.39, 0.29) is 11.8 Å². The second kappa shape index (κ2) is 5.85. The summed E-state index contributed by atoms with van der Waals surface area (Å²) in [5.41, 5.74) is 7.12. The summed E-state index contributed by atoms with van der Waals surface area (Å²) in [5, 5.41) is 13.3. The van der Waals surface area contributed by atoms with Crippen LogP contribution in [0, 0.1) is 0 Å². The van der Waals surface area contributed by atoms with Crippen LogP contribution in [0.4, 0.5) is 5.69 Å². The van der Waals surface area contributed by atoms with Gasteiger partial charge < -0.3 is 14.7 Å².